The number of benzene rings is 2. The molecule has 0 heterocycles. The number of carboxylic acids is 1. The highest BCUT2D eigenvalue weighted by atomic mass is 32.2. The number of ether oxygens (including phenoxy) is 1. The number of hydrazine groups is 1. The molecule has 2 aromatic carbocycles. The van der Waals surface area contributed by atoms with Crippen molar-refractivity contribution in [2.24, 2.45) is 5.10 Å². The molecule has 0 aliphatic heterocycles. The Morgan fingerprint density at radius 3 is 2.21 bits per heavy atom. The van der Waals surface area contributed by atoms with E-state index in [0.29, 0.717) is 0 Å². The molecule has 34 heavy (non-hydrogen) atoms. The number of methoxy groups -OCH3 is 1. The van der Waals surface area contributed by atoms with Crippen molar-refractivity contribution in [2.75, 3.05) is 30.7 Å². The molecule has 186 valence electrons. The van der Waals surface area contributed by atoms with Crippen LogP contribution in [0.3, 0.4) is 0 Å². The van der Waals surface area contributed by atoms with E-state index >= 15 is 0 Å². The summed E-state index contributed by atoms with van der Waals surface area (Å²) in [5.74, 6) is -1.25. The molecule has 2 aromatic rings. The van der Waals surface area contributed by atoms with Gasteiger partial charge in [-0.25, -0.2) is 13.2 Å². The van der Waals surface area contributed by atoms with Gasteiger partial charge in [0.05, 0.1) is 33.8 Å². The van der Waals surface area contributed by atoms with Gasteiger partial charge in [-0.05, 0) is 43.3 Å². The van der Waals surface area contributed by atoms with E-state index in [2.05, 4.69) is 10.5 Å². The van der Waals surface area contributed by atoms with Gasteiger partial charge < -0.3 is 9.84 Å². The third kappa shape index (κ3) is 5.83. The average Bonchev–Trinajstić information content (AvgIpc) is 2.78. The maximum absolute atomic E-state index is 13.0. The number of hydrogen-bond acceptors (Lipinski definition) is 9. The summed E-state index contributed by atoms with van der Waals surface area (Å²) >= 11 is 0. The molecular weight excluding hydrogens is 488 g/mol. The van der Waals surface area contributed by atoms with E-state index in [1.165, 1.54) is 35.8 Å². The van der Waals surface area contributed by atoms with Crippen molar-refractivity contribution in [3.05, 3.63) is 42.0 Å². The first-order valence-electron chi connectivity index (χ1n) is 9.99. The molecule has 2 rings (SSSR count). The zero-order valence-electron chi connectivity index (χ0n) is 19.0. The van der Waals surface area contributed by atoms with Crippen molar-refractivity contribution in [3.8, 4) is 5.75 Å². The highest BCUT2D eigenvalue weighted by molar-refractivity contribution is 7.89. The number of nitrogens with one attached hydrogen (secondary N) is 1. The van der Waals surface area contributed by atoms with Gasteiger partial charge in [0.25, 0.3) is 10.1 Å². The molecule has 0 radical (unpaired) electrons. The third-order valence-corrected chi connectivity index (χ3v) is 7.59. The van der Waals surface area contributed by atoms with Crippen LogP contribution in [0.5, 0.6) is 5.75 Å². The monoisotopic (exact) mass is 514 g/mol. The summed E-state index contributed by atoms with van der Waals surface area (Å²) in [6, 6.07) is 7.06. The Labute approximate surface area is 198 Å². The van der Waals surface area contributed by atoms with Gasteiger partial charge in [0.2, 0.25) is 10.0 Å². The van der Waals surface area contributed by atoms with Crippen molar-refractivity contribution >= 4 is 43.7 Å². The molecule has 12 nitrogen and oxygen atoms in total. The summed E-state index contributed by atoms with van der Waals surface area (Å²) in [5.41, 5.74) is 2.39. The Kier molecular flexibility index (Phi) is 8.61. The van der Waals surface area contributed by atoms with Crippen molar-refractivity contribution in [3.63, 3.8) is 0 Å². The Hall–Kier alpha value is -3.20. The van der Waals surface area contributed by atoms with E-state index in [1.54, 1.807) is 20.8 Å². The van der Waals surface area contributed by atoms with Gasteiger partial charge in [0, 0.05) is 19.3 Å². The number of nitrogens with zero attached hydrogens (tertiary/aromatic N) is 3. The highest BCUT2D eigenvalue weighted by Gasteiger charge is 2.25. The lowest BCUT2D eigenvalue weighted by Gasteiger charge is -2.25. The minimum absolute atomic E-state index is 0.0277. The smallest absolute Gasteiger partial charge is 0.338 e. The molecule has 0 aliphatic rings. The van der Waals surface area contributed by atoms with E-state index in [-0.39, 0.29) is 35.1 Å². The van der Waals surface area contributed by atoms with Gasteiger partial charge in [0.1, 0.15) is 5.75 Å². The lowest BCUT2D eigenvalue weighted by Crippen LogP contribution is -2.31. The zero-order chi connectivity index (χ0) is 25.7. The molecule has 0 saturated heterocycles. The Morgan fingerprint density at radius 2 is 1.71 bits per heavy atom. The van der Waals surface area contributed by atoms with Gasteiger partial charge in [-0.3, -0.25) is 9.98 Å². The summed E-state index contributed by atoms with van der Waals surface area (Å²) in [6.45, 7) is 5.51. The van der Waals surface area contributed by atoms with Crippen LogP contribution >= 0.6 is 0 Å². The third-order valence-electron chi connectivity index (χ3n) is 4.70. The second-order valence-electron chi connectivity index (χ2n) is 6.71. The van der Waals surface area contributed by atoms with Crippen molar-refractivity contribution < 1.29 is 36.0 Å². The van der Waals surface area contributed by atoms with Crippen molar-refractivity contribution in [1.82, 2.24) is 4.31 Å². The minimum atomic E-state index is -4.65. The second-order valence-corrected chi connectivity index (χ2v) is 10.1. The normalized spacial score (nSPS) is 12.2. The molecule has 0 bridgehead atoms. The standard InChI is InChI=1S/C20H26N4O8S2/c1-5-21-24(18-10-8-15(34(29,30)31)12-16(18)20(25)26)22-17-13-14(9-11-19(17)32-4)33(27,28)23(6-2)7-3/h5,8-13,22H,6-7H2,1-4H3,(H,25,26)(H,29,30,31)/b21-5-. The van der Waals surface area contributed by atoms with Crippen LogP contribution in [0.4, 0.5) is 11.4 Å². The molecule has 3 N–H and O–H groups in total. The first-order chi connectivity index (χ1) is 15.9. The molecule has 14 heteroatoms. The van der Waals surface area contributed by atoms with Gasteiger partial charge in [-0.1, -0.05) is 13.8 Å². The van der Waals surface area contributed by atoms with Crippen molar-refractivity contribution in [2.45, 2.75) is 30.6 Å². The quantitative estimate of drug-likeness (QED) is 0.230. The lowest BCUT2D eigenvalue weighted by molar-refractivity contribution is 0.0697. The largest absolute Gasteiger partial charge is 0.495 e. The van der Waals surface area contributed by atoms with Crippen LogP contribution in [0.1, 0.15) is 31.1 Å². The van der Waals surface area contributed by atoms with Crippen LogP contribution in [0.2, 0.25) is 0 Å². The number of aromatic carboxylic acids is 1. The average molecular weight is 515 g/mol. The molecule has 0 atom stereocenters. The molecule has 0 aromatic heterocycles. The zero-order valence-corrected chi connectivity index (χ0v) is 20.6. The summed E-state index contributed by atoms with van der Waals surface area (Å²) in [6.07, 6.45) is 1.33. The van der Waals surface area contributed by atoms with E-state index in [9.17, 15) is 31.3 Å². The van der Waals surface area contributed by atoms with E-state index in [4.69, 9.17) is 4.74 Å². The first-order valence-corrected chi connectivity index (χ1v) is 12.9. The Balaban J connectivity index is 2.64. The molecule has 0 spiro atoms. The number of carboxylic acid groups (broad SMARTS) is 1. The summed E-state index contributed by atoms with van der Waals surface area (Å²) in [4.78, 5) is 11.2. The fraction of sp³-hybridized carbons (Fsp3) is 0.300. The van der Waals surface area contributed by atoms with Crippen molar-refractivity contribution in [1.29, 1.82) is 0 Å². The van der Waals surface area contributed by atoms with E-state index in [1.807, 2.05) is 0 Å². The fourth-order valence-corrected chi connectivity index (χ4v) is 5.05. The molecule has 0 saturated carbocycles. The number of carbonyl (C=O) groups is 1. The molecule has 0 aliphatic carbocycles. The number of hydrazone groups is 1. The maximum atomic E-state index is 13.0. The van der Waals surface area contributed by atoms with Crippen LogP contribution in [-0.4, -0.2) is 63.2 Å². The number of hydrogen-bond donors (Lipinski definition) is 3. The van der Waals surface area contributed by atoms with Gasteiger partial charge in [0.15, 0.2) is 0 Å². The maximum Gasteiger partial charge on any atom is 0.338 e. The highest BCUT2D eigenvalue weighted by Crippen LogP contribution is 2.32. The fourth-order valence-electron chi connectivity index (χ4n) is 3.06. The van der Waals surface area contributed by atoms with Crippen LogP contribution in [-0.2, 0) is 20.1 Å². The van der Waals surface area contributed by atoms with E-state index < -0.39 is 36.6 Å². The first kappa shape index (κ1) is 27.0. The van der Waals surface area contributed by atoms with Crippen LogP contribution in [0, 0.1) is 0 Å². The topological polar surface area (TPSA) is 166 Å². The Morgan fingerprint density at radius 1 is 1.09 bits per heavy atom. The second kappa shape index (κ2) is 10.8. The van der Waals surface area contributed by atoms with Crippen LogP contribution < -0.4 is 15.3 Å². The van der Waals surface area contributed by atoms with Gasteiger partial charge >= 0.3 is 5.97 Å². The molecular formula is C20H26N4O8S2. The summed E-state index contributed by atoms with van der Waals surface area (Å²) in [7, 11) is -7.09. The van der Waals surface area contributed by atoms with Gasteiger partial charge in [-0.15, -0.1) is 0 Å². The SMILES string of the molecule is C/C=N\N(Nc1cc(S(=O)(=O)N(CC)CC)ccc1OC)c1ccc(S(=O)(=O)O)cc1C(=O)O. The minimum Gasteiger partial charge on any atom is -0.495 e. The van der Waals surface area contributed by atoms with Gasteiger partial charge in [-0.2, -0.15) is 22.9 Å². The van der Waals surface area contributed by atoms with E-state index in [0.717, 1.165) is 23.3 Å². The molecule has 0 fully saturated rings. The number of sulfonamides is 1. The Bertz CT molecular complexity index is 1290. The predicted octanol–water partition coefficient (Wildman–Crippen LogP) is 2.51. The van der Waals surface area contributed by atoms with Crippen LogP contribution in [0.15, 0.2) is 51.3 Å². The van der Waals surface area contributed by atoms with Crippen LogP contribution in [0.25, 0.3) is 0 Å². The molecule has 0 amide bonds. The lowest BCUT2D eigenvalue weighted by atomic mass is 10.2. The molecule has 0 unspecified atom stereocenters. The summed E-state index contributed by atoms with van der Waals surface area (Å²) in [5, 5.41) is 14.7. The predicted molar refractivity (Wildman–Crippen MR) is 127 cm³/mol. The number of anilines is 2. The number of rotatable bonds is 11. The summed E-state index contributed by atoms with van der Waals surface area (Å²) < 4.78 is 64.7.